The van der Waals surface area contributed by atoms with E-state index in [1.165, 1.54) is 0 Å². The van der Waals surface area contributed by atoms with Gasteiger partial charge in [-0.25, -0.2) is 4.98 Å². The molecule has 0 aliphatic heterocycles. The van der Waals surface area contributed by atoms with Gasteiger partial charge in [-0.1, -0.05) is 48.0 Å². The number of hydrogen-bond acceptors (Lipinski definition) is 3. The van der Waals surface area contributed by atoms with Gasteiger partial charge in [-0.3, -0.25) is 4.79 Å². The molecule has 3 nitrogen and oxygen atoms in total. The number of rotatable bonds is 5. The van der Waals surface area contributed by atoms with Crippen LogP contribution in [-0.2, 0) is 6.61 Å². The lowest BCUT2D eigenvalue weighted by Crippen LogP contribution is -1.97. The number of pyridine rings is 1. The van der Waals surface area contributed by atoms with E-state index < -0.39 is 0 Å². The molecule has 3 heteroatoms. The van der Waals surface area contributed by atoms with Crippen LogP contribution in [0.5, 0.6) is 5.88 Å². The molecule has 0 bridgehead atoms. The van der Waals surface area contributed by atoms with Crippen LogP contribution in [-0.4, -0.2) is 11.3 Å². The van der Waals surface area contributed by atoms with E-state index in [1.807, 2.05) is 67.6 Å². The minimum Gasteiger partial charge on any atom is -0.473 e. The number of aldehydes is 1. The molecular formula is C20H17NO2. The summed E-state index contributed by atoms with van der Waals surface area (Å²) in [6, 6.07) is 19.5. The predicted molar refractivity (Wildman–Crippen MR) is 90.6 cm³/mol. The summed E-state index contributed by atoms with van der Waals surface area (Å²) in [6.45, 7) is 2.45. The van der Waals surface area contributed by atoms with Gasteiger partial charge in [0.2, 0.25) is 5.88 Å². The molecule has 0 N–H and O–H groups in total. The van der Waals surface area contributed by atoms with Gasteiger partial charge >= 0.3 is 0 Å². The zero-order valence-corrected chi connectivity index (χ0v) is 12.9. The molecule has 3 rings (SSSR count). The van der Waals surface area contributed by atoms with Crippen LogP contribution in [0, 0.1) is 6.92 Å². The Morgan fingerprint density at radius 1 is 1.04 bits per heavy atom. The highest BCUT2D eigenvalue weighted by atomic mass is 16.5. The number of carbonyl (C=O) groups is 1. The normalized spacial score (nSPS) is 10.3. The molecule has 23 heavy (non-hydrogen) atoms. The van der Waals surface area contributed by atoms with E-state index in [4.69, 9.17) is 4.74 Å². The molecule has 2 aromatic carbocycles. The average molecular weight is 303 g/mol. The van der Waals surface area contributed by atoms with Crippen LogP contribution in [0.25, 0.3) is 11.1 Å². The molecule has 0 spiro atoms. The smallest absolute Gasteiger partial charge is 0.213 e. The molecule has 0 aliphatic carbocycles. The van der Waals surface area contributed by atoms with Crippen molar-refractivity contribution in [2.45, 2.75) is 13.5 Å². The minimum absolute atomic E-state index is 0.483. The van der Waals surface area contributed by atoms with Crippen molar-refractivity contribution in [1.29, 1.82) is 0 Å². The summed E-state index contributed by atoms with van der Waals surface area (Å²) in [5.41, 5.74) is 4.61. The van der Waals surface area contributed by atoms with Crippen molar-refractivity contribution >= 4 is 6.29 Å². The molecule has 0 fully saturated rings. The van der Waals surface area contributed by atoms with Gasteiger partial charge in [0, 0.05) is 23.4 Å². The molecule has 1 heterocycles. The van der Waals surface area contributed by atoms with Crippen LogP contribution < -0.4 is 4.74 Å². The van der Waals surface area contributed by atoms with E-state index in [1.54, 1.807) is 6.20 Å². The molecule has 3 aromatic rings. The first-order valence-corrected chi connectivity index (χ1v) is 7.45. The standard InChI is InChI=1S/C20H17NO2/c1-15-7-9-19(18(11-15)13-22)17-8-10-20(21-12-17)23-14-16-5-3-2-4-6-16/h2-13H,14H2,1H3. The first-order chi connectivity index (χ1) is 11.3. The van der Waals surface area contributed by atoms with Crippen LogP contribution >= 0.6 is 0 Å². The third kappa shape index (κ3) is 3.64. The van der Waals surface area contributed by atoms with Gasteiger partial charge in [0.25, 0.3) is 0 Å². The van der Waals surface area contributed by atoms with E-state index in [9.17, 15) is 4.79 Å². The van der Waals surface area contributed by atoms with E-state index in [-0.39, 0.29) is 0 Å². The van der Waals surface area contributed by atoms with Crippen LogP contribution in [0.4, 0.5) is 0 Å². The fourth-order valence-corrected chi connectivity index (χ4v) is 2.40. The van der Waals surface area contributed by atoms with Crippen molar-refractivity contribution in [3.63, 3.8) is 0 Å². The van der Waals surface area contributed by atoms with Crippen LogP contribution in [0.3, 0.4) is 0 Å². The van der Waals surface area contributed by atoms with Gasteiger partial charge in [-0.05, 0) is 30.2 Å². The molecule has 0 aliphatic rings. The molecule has 0 saturated carbocycles. The summed E-state index contributed by atoms with van der Waals surface area (Å²) in [4.78, 5) is 15.6. The summed E-state index contributed by atoms with van der Waals surface area (Å²) in [5, 5.41) is 0. The van der Waals surface area contributed by atoms with Gasteiger partial charge in [0.05, 0.1) is 0 Å². The molecule has 114 valence electrons. The largest absolute Gasteiger partial charge is 0.473 e. The van der Waals surface area contributed by atoms with E-state index in [2.05, 4.69) is 4.98 Å². The number of benzene rings is 2. The quantitative estimate of drug-likeness (QED) is 0.654. The Morgan fingerprint density at radius 2 is 1.87 bits per heavy atom. The van der Waals surface area contributed by atoms with Gasteiger partial charge in [-0.15, -0.1) is 0 Å². The van der Waals surface area contributed by atoms with E-state index in [0.29, 0.717) is 18.1 Å². The second kappa shape index (κ2) is 6.88. The SMILES string of the molecule is Cc1ccc(-c2ccc(OCc3ccccc3)nc2)c(C=O)c1. The summed E-state index contributed by atoms with van der Waals surface area (Å²) in [5.74, 6) is 0.567. The van der Waals surface area contributed by atoms with Crippen molar-refractivity contribution in [3.8, 4) is 17.0 Å². The van der Waals surface area contributed by atoms with Crippen molar-refractivity contribution in [1.82, 2.24) is 4.98 Å². The Bertz CT molecular complexity index is 796. The minimum atomic E-state index is 0.483. The lowest BCUT2D eigenvalue weighted by molar-refractivity contribution is 0.112. The maximum atomic E-state index is 11.2. The fourth-order valence-electron chi connectivity index (χ4n) is 2.40. The number of aromatic nitrogens is 1. The second-order valence-corrected chi connectivity index (χ2v) is 5.37. The molecule has 0 unspecified atom stereocenters. The van der Waals surface area contributed by atoms with E-state index >= 15 is 0 Å². The number of aryl methyl sites for hydroxylation is 1. The molecule has 0 amide bonds. The maximum Gasteiger partial charge on any atom is 0.213 e. The van der Waals surface area contributed by atoms with Gasteiger partial charge in [-0.2, -0.15) is 0 Å². The molecule has 0 radical (unpaired) electrons. The Morgan fingerprint density at radius 3 is 2.57 bits per heavy atom. The van der Waals surface area contributed by atoms with Crippen LogP contribution in [0.1, 0.15) is 21.5 Å². The van der Waals surface area contributed by atoms with Gasteiger partial charge < -0.3 is 4.74 Å². The highest BCUT2D eigenvalue weighted by Crippen LogP contribution is 2.24. The zero-order chi connectivity index (χ0) is 16.1. The Balaban J connectivity index is 1.76. The summed E-state index contributed by atoms with van der Waals surface area (Å²) < 4.78 is 5.68. The molecule has 0 atom stereocenters. The predicted octanol–water partition coefficient (Wildman–Crippen LogP) is 4.45. The zero-order valence-electron chi connectivity index (χ0n) is 12.9. The van der Waals surface area contributed by atoms with Crippen molar-refractivity contribution < 1.29 is 9.53 Å². The lowest BCUT2D eigenvalue weighted by Gasteiger charge is -2.08. The van der Waals surface area contributed by atoms with Crippen molar-refractivity contribution in [2.24, 2.45) is 0 Å². The van der Waals surface area contributed by atoms with Crippen molar-refractivity contribution in [3.05, 3.63) is 83.6 Å². The van der Waals surface area contributed by atoms with Gasteiger partial charge in [0.1, 0.15) is 6.61 Å². The highest BCUT2D eigenvalue weighted by Gasteiger charge is 2.06. The number of carbonyl (C=O) groups excluding carboxylic acids is 1. The lowest BCUT2D eigenvalue weighted by atomic mass is 10.00. The fraction of sp³-hybridized carbons (Fsp3) is 0.100. The summed E-state index contributed by atoms with van der Waals surface area (Å²) in [6.07, 6.45) is 2.61. The summed E-state index contributed by atoms with van der Waals surface area (Å²) in [7, 11) is 0. The monoisotopic (exact) mass is 303 g/mol. The first-order valence-electron chi connectivity index (χ1n) is 7.45. The Kier molecular flexibility index (Phi) is 4.48. The topological polar surface area (TPSA) is 39.2 Å². The van der Waals surface area contributed by atoms with Crippen LogP contribution in [0.2, 0.25) is 0 Å². The second-order valence-electron chi connectivity index (χ2n) is 5.37. The number of hydrogen-bond donors (Lipinski definition) is 0. The Labute approximate surface area is 135 Å². The number of nitrogens with zero attached hydrogens (tertiary/aromatic N) is 1. The summed E-state index contributed by atoms with van der Waals surface area (Å²) >= 11 is 0. The first kappa shape index (κ1) is 15.0. The Hall–Kier alpha value is -2.94. The van der Waals surface area contributed by atoms with Crippen molar-refractivity contribution in [2.75, 3.05) is 0 Å². The third-order valence-electron chi connectivity index (χ3n) is 3.61. The highest BCUT2D eigenvalue weighted by molar-refractivity contribution is 5.87. The molecule has 1 aromatic heterocycles. The average Bonchev–Trinajstić information content (AvgIpc) is 2.61. The van der Waals surface area contributed by atoms with E-state index in [0.717, 1.165) is 28.5 Å². The molecular weight excluding hydrogens is 286 g/mol. The maximum absolute atomic E-state index is 11.2. The van der Waals surface area contributed by atoms with Gasteiger partial charge in [0.15, 0.2) is 6.29 Å². The molecule has 0 saturated heterocycles. The number of ether oxygens (including phenoxy) is 1. The third-order valence-corrected chi connectivity index (χ3v) is 3.61. The van der Waals surface area contributed by atoms with Crippen LogP contribution in [0.15, 0.2) is 66.9 Å².